The Morgan fingerprint density at radius 3 is 2.90 bits per heavy atom. The number of aromatic carboxylic acids is 1. The molecule has 0 bridgehead atoms. The summed E-state index contributed by atoms with van der Waals surface area (Å²) in [5.74, 6) is -1.00. The molecule has 2 rings (SSSR count). The molecule has 110 valence electrons. The largest absolute Gasteiger partial charge is 0.477 e. The van der Waals surface area contributed by atoms with Crippen LogP contribution in [0.2, 0.25) is 0 Å². The van der Waals surface area contributed by atoms with Gasteiger partial charge in [0, 0.05) is 6.54 Å². The first kappa shape index (κ1) is 14.7. The summed E-state index contributed by atoms with van der Waals surface area (Å²) in [4.78, 5) is 28.8. The molecule has 20 heavy (non-hydrogen) atoms. The highest BCUT2D eigenvalue weighted by atomic mass is 32.1. The number of carboxylic acid groups (broad SMARTS) is 1. The van der Waals surface area contributed by atoms with E-state index in [1.165, 1.54) is 0 Å². The van der Waals surface area contributed by atoms with Crippen molar-refractivity contribution in [1.82, 2.24) is 15.2 Å². The lowest BCUT2D eigenvalue weighted by Gasteiger charge is -2.22. The number of nitrogens with one attached hydrogen (secondary N) is 1. The van der Waals surface area contributed by atoms with Gasteiger partial charge in [-0.15, -0.1) is 11.3 Å². The zero-order valence-electron chi connectivity index (χ0n) is 11.1. The van der Waals surface area contributed by atoms with Crippen molar-refractivity contribution in [1.29, 1.82) is 0 Å². The molecule has 1 aliphatic heterocycles. The van der Waals surface area contributed by atoms with Gasteiger partial charge in [-0.05, 0) is 19.8 Å². The number of urea groups is 1. The molecular formula is C12H17N3O4S. The Morgan fingerprint density at radius 1 is 1.55 bits per heavy atom. The maximum absolute atomic E-state index is 12.0. The first-order valence-electron chi connectivity index (χ1n) is 6.38. The third-order valence-corrected chi connectivity index (χ3v) is 4.42. The molecule has 3 N–H and O–H groups in total. The lowest BCUT2D eigenvalue weighted by molar-refractivity contribution is 0.0701. The number of carbonyl (C=O) groups is 2. The molecule has 1 fully saturated rings. The van der Waals surface area contributed by atoms with Crippen LogP contribution in [0.15, 0.2) is 0 Å². The maximum Gasteiger partial charge on any atom is 0.347 e. The fourth-order valence-electron chi connectivity index (χ4n) is 2.27. The number of nitrogens with zero attached hydrogens (tertiary/aromatic N) is 2. The Labute approximate surface area is 120 Å². The average Bonchev–Trinajstić information content (AvgIpc) is 3.01. The molecule has 0 radical (unpaired) electrons. The summed E-state index contributed by atoms with van der Waals surface area (Å²) in [6, 6.07) is -0.367. The van der Waals surface area contributed by atoms with Gasteiger partial charge in [0.25, 0.3) is 0 Å². The number of aliphatic hydroxyl groups is 1. The standard InChI is InChI=1S/C12H17N3O4S/c1-7-10(11(17)18)20-9(14-7)5-13-12(19)15-4-2-3-8(15)6-16/h8,16H,2-6H2,1H3,(H,13,19)(H,17,18). The molecule has 2 heterocycles. The van der Waals surface area contributed by atoms with Gasteiger partial charge >= 0.3 is 12.0 Å². The smallest absolute Gasteiger partial charge is 0.347 e. The average molecular weight is 299 g/mol. The van der Waals surface area contributed by atoms with E-state index in [0.29, 0.717) is 17.2 Å². The van der Waals surface area contributed by atoms with Crippen LogP contribution in [0.25, 0.3) is 0 Å². The van der Waals surface area contributed by atoms with Gasteiger partial charge in [0.2, 0.25) is 0 Å². The minimum Gasteiger partial charge on any atom is -0.477 e. The molecule has 0 aromatic carbocycles. The molecule has 8 heteroatoms. The highest BCUT2D eigenvalue weighted by Crippen LogP contribution is 2.19. The minimum absolute atomic E-state index is 0.0348. The van der Waals surface area contributed by atoms with Gasteiger partial charge in [-0.1, -0.05) is 0 Å². The number of amides is 2. The molecule has 0 spiro atoms. The van der Waals surface area contributed by atoms with Gasteiger partial charge in [-0.3, -0.25) is 0 Å². The van der Waals surface area contributed by atoms with Crippen molar-refractivity contribution in [3.8, 4) is 0 Å². The Balaban J connectivity index is 1.93. The van der Waals surface area contributed by atoms with Crippen LogP contribution in [-0.4, -0.2) is 51.3 Å². The lowest BCUT2D eigenvalue weighted by Crippen LogP contribution is -2.43. The minimum atomic E-state index is -1.00. The van der Waals surface area contributed by atoms with E-state index in [4.69, 9.17) is 5.11 Å². The van der Waals surface area contributed by atoms with Crippen molar-refractivity contribution in [2.45, 2.75) is 32.4 Å². The van der Waals surface area contributed by atoms with Gasteiger partial charge in [0.1, 0.15) is 9.88 Å². The predicted molar refractivity (Wildman–Crippen MR) is 72.9 cm³/mol. The van der Waals surface area contributed by atoms with Crippen LogP contribution in [0.5, 0.6) is 0 Å². The number of likely N-dealkylation sites (tertiary alicyclic amines) is 1. The van der Waals surface area contributed by atoms with Crippen molar-refractivity contribution in [3.63, 3.8) is 0 Å². The molecule has 1 unspecified atom stereocenters. The Kier molecular flexibility index (Phi) is 4.56. The second-order valence-electron chi connectivity index (χ2n) is 4.66. The van der Waals surface area contributed by atoms with E-state index < -0.39 is 5.97 Å². The summed E-state index contributed by atoms with van der Waals surface area (Å²) in [6.07, 6.45) is 1.70. The van der Waals surface area contributed by atoms with Crippen LogP contribution >= 0.6 is 11.3 Å². The van der Waals surface area contributed by atoms with E-state index in [0.717, 1.165) is 24.2 Å². The number of hydrogen-bond acceptors (Lipinski definition) is 5. The molecular weight excluding hydrogens is 282 g/mol. The third-order valence-electron chi connectivity index (χ3n) is 3.27. The fourth-order valence-corrected chi connectivity index (χ4v) is 3.12. The van der Waals surface area contributed by atoms with Crippen molar-refractivity contribution in [2.75, 3.05) is 13.2 Å². The SMILES string of the molecule is Cc1nc(CNC(=O)N2CCCC2CO)sc1C(=O)O. The van der Waals surface area contributed by atoms with Gasteiger partial charge in [-0.2, -0.15) is 0 Å². The molecule has 1 aromatic rings. The zero-order chi connectivity index (χ0) is 14.7. The van der Waals surface area contributed by atoms with E-state index in [1.807, 2.05) is 0 Å². The molecule has 0 saturated carbocycles. The van der Waals surface area contributed by atoms with Crippen LogP contribution < -0.4 is 5.32 Å². The Bertz CT molecular complexity index is 517. The summed E-state index contributed by atoms with van der Waals surface area (Å²) < 4.78 is 0. The van der Waals surface area contributed by atoms with Crippen molar-refractivity contribution < 1.29 is 19.8 Å². The van der Waals surface area contributed by atoms with E-state index >= 15 is 0 Å². The van der Waals surface area contributed by atoms with Gasteiger partial charge in [0.15, 0.2) is 0 Å². The van der Waals surface area contributed by atoms with E-state index in [1.54, 1.807) is 11.8 Å². The predicted octanol–water partition coefficient (Wildman–Crippen LogP) is 0.816. The highest BCUT2D eigenvalue weighted by Gasteiger charge is 2.28. The van der Waals surface area contributed by atoms with Crippen LogP contribution in [-0.2, 0) is 6.54 Å². The molecule has 7 nitrogen and oxygen atoms in total. The number of hydrogen-bond donors (Lipinski definition) is 3. The normalized spacial score (nSPS) is 18.3. The first-order valence-corrected chi connectivity index (χ1v) is 7.19. The van der Waals surface area contributed by atoms with Crippen LogP contribution in [0, 0.1) is 6.92 Å². The fraction of sp³-hybridized carbons (Fsp3) is 0.583. The molecule has 1 saturated heterocycles. The number of aryl methyl sites for hydroxylation is 1. The Hall–Kier alpha value is -1.67. The number of carbonyl (C=O) groups excluding carboxylic acids is 1. The maximum atomic E-state index is 12.0. The van der Waals surface area contributed by atoms with Gasteiger partial charge in [0.05, 0.1) is 24.9 Å². The Morgan fingerprint density at radius 2 is 2.30 bits per heavy atom. The zero-order valence-corrected chi connectivity index (χ0v) is 11.9. The summed E-state index contributed by atoms with van der Waals surface area (Å²) in [6.45, 7) is 2.43. The van der Waals surface area contributed by atoms with Crippen molar-refractivity contribution in [3.05, 3.63) is 15.6 Å². The second-order valence-corrected chi connectivity index (χ2v) is 5.74. The molecule has 1 aliphatic rings. The van der Waals surface area contributed by atoms with Crippen LogP contribution in [0.3, 0.4) is 0 Å². The summed E-state index contributed by atoms with van der Waals surface area (Å²) in [7, 11) is 0. The van der Waals surface area contributed by atoms with E-state index in [9.17, 15) is 14.7 Å². The number of aromatic nitrogens is 1. The third kappa shape index (κ3) is 3.07. The quantitative estimate of drug-likeness (QED) is 0.763. The topological polar surface area (TPSA) is 103 Å². The first-order chi connectivity index (χ1) is 9.52. The number of thiazole rings is 1. The number of rotatable bonds is 4. The second kappa shape index (κ2) is 6.19. The van der Waals surface area contributed by atoms with Crippen LogP contribution in [0.1, 0.15) is 33.2 Å². The molecule has 0 aliphatic carbocycles. The molecule has 1 atom stereocenters. The highest BCUT2D eigenvalue weighted by molar-refractivity contribution is 7.13. The van der Waals surface area contributed by atoms with Gasteiger partial charge < -0.3 is 20.4 Å². The summed E-state index contributed by atoms with van der Waals surface area (Å²) in [5.41, 5.74) is 0.459. The van der Waals surface area contributed by atoms with Gasteiger partial charge in [-0.25, -0.2) is 14.6 Å². The lowest BCUT2D eigenvalue weighted by atomic mass is 10.2. The van der Waals surface area contributed by atoms with Crippen molar-refractivity contribution >= 4 is 23.3 Å². The van der Waals surface area contributed by atoms with E-state index in [2.05, 4.69) is 10.3 Å². The molecule has 2 amide bonds. The summed E-state index contributed by atoms with van der Waals surface area (Å²) >= 11 is 1.07. The monoisotopic (exact) mass is 299 g/mol. The number of carboxylic acids is 1. The van der Waals surface area contributed by atoms with Crippen LogP contribution in [0.4, 0.5) is 4.79 Å². The van der Waals surface area contributed by atoms with Crippen molar-refractivity contribution in [2.24, 2.45) is 0 Å². The number of aliphatic hydroxyl groups excluding tert-OH is 1. The summed E-state index contributed by atoms with van der Waals surface area (Å²) in [5, 5.41) is 21.4. The molecule has 1 aromatic heterocycles. The van der Waals surface area contributed by atoms with E-state index in [-0.39, 0.29) is 30.1 Å².